The number of carbonyl (C=O) groups is 3. The third-order valence-corrected chi connectivity index (χ3v) is 4.37. The molecule has 1 aliphatic rings. The van der Waals surface area contributed by atoms with Crippen molar-refractivity contribution in [2.45, 2.75) is 33.1 Å². The monoisotopic (exact) mass is 346 g/mol. The first-order valence-electron chi connectivity index (χ1n) is 8.67. The Morgan fingerprint density at radius 1 is 1.16 bits per heavy atom. The second kappa shape index (κ2) is 8.65. The third kappa shape index (κ3) is 5.31. The summed E-state index contributed by atoms with van der Waals surface area (Å²) in [6.45, 7) is 5.32. The van der Waals surface area contributed by atoms with Crippen molar-refractivity contribution in [1.82, 2.24) is 4.90 Å². The van der Waals surface area contributed by atoms with Gasteiger partial charge in [0.15, 0.2) is 0 Å². The van der Waals surface area contributed by atoms with Crippen LogP contribution in [0, 0.1) is 11.8 Å². The smallest absolute Gasteiger partial charge is 0.337 e. The van der Waals surface area contributed by atoms with Gasteiger partial charge in [0.1, 0.15) is 0 Å². The summed E-state index contributed by atoms with van der Waals surface area (Å²) >= 11 is 0. The van der Waals surface area contributed by atoms with Crippen LogP contribution < -0.4 is 5.32 Å². The van der Waals surface area contributed by atoms with Crippen LogP contribution in [0.4, 0.5) is 5.69 Å². The number of hydrogen-bond donors (Lipinski definition) is 1. The van der Waals surface area contributed by atoms with Gasteiger partial charge in [0.2, 0.25) is 11.8 Å². The normalized spacial score (nSPS) is 15.1. The molecule has 1 saturated heterocycles. The molecule has 0 atom stereocenters. The van der Waals surface area contributed by atoms with Gasteiger partial charge in [-0.05, 0) is 43.0 Å². The zero-order valence-corrected chi connectivity index (χ0v) is 15.1. The molecule has 1 heterocycles. The average Bonchev–Trinajstić information content (AvgIpc) is 2.61. The van der Waals surface area contributed by atoms with Gasteiger partial charge in [-0.1, -0.05) is 13.8 Å². The lowest BCUT2D eigenvalue weighted by Crippen LogP contribution is -2.41. The Bertz CT molecular complexity index is 617. The second-order valence-corrected chi connectivity index (χ2v) is 6.81. The Hall–Kier alpha value is -2.37. The van der Waals surface area contributed by atoms with Crippen LogP contribution in [0.2, 0.25) is 0 Å². The van der Waals surface area contributed by atoms with E-state index in [1.165, 1.54) is 7.11 Å². The highest BCUT2D eigenvalue weighted by atomic mass is 16.5. The zero-order valence-electron chi connectivity index (χ0n) is 15.1. The van der Waals surface area contributed by atoms with Crippen LogP contribution in [0.5, 0.6) is 0 Å². The summed E-state index contributed by atoms with van der Waals surface area (Å²) in [5, 5.41) is 2.88. The Balaban J connectivity index is 1.84. The summed E-state index contributed by atoms with van der Waals surface area (Å²) in [5.74, 6) is -0.0183. The van der Waals surface area contributed by atoms with Gasteiger partial charge in [0.05, 0.1) is 12.7 Å². The van der Waals surface area contributed by atoms with E-state index in [1.54, 1.807) is 24.3 Å². The summed E-state index contributed by atoms with van der Waals surface area (Å²) in [6.07, 6.45) is 1.91. The SMILES string of the molecule is COC(=O)c1ccc(NC(=O)C2CCN(C(=O)CC(C)C)CC2)cc1. The summed E-state index contributed by atoms with van der Waals surface area (Å²) in [6, 6.07) is 6.61. The molecule has 0 unspecified atom stereocenters. The van der Waals surface area contributed by atoms with E-state index in [-0.39, 0.29) is 17.7 Å². The van der Waals surface area contributed by atoms with Gasteiger partial charge in [-0.3, -0.25) is 9.59 Å². The van der Waals surface area contributed by atoms with E-state index in [0.717, 1.165) is 0 Å². The number of hydrogen-bond acceptors (Lipinski definition) is 4. The molecule has 6 nitrogen and oxygen atoms in total. The number of nitrogens with one attached hydrogen (secondary N) is 1. The van der Waals surface area contributed by atoms with Crippen LogP contribution in [-0.2, 0) is 14.3 Å². The molecule has 6 heteroatoms. The fourth-order valence-electron chi connectivity index (χ4n) is 2.92. The molecule has 0 aromatic heterocycles. The minimum absolute atomic E-state index is 0.0400. The van der Waals surface area contributed by atoms with Crippen molar-refractivity contribution in [2.24, 2.45) is 11.8 Å². The average molecular weight is 346 g/mol. The second-order valence-electron chi connectivity index (χ2n) is 6.81. The van der Waals surface area contributed by atoms with Gasteiger partial charge in [-0.25, -0.2) is 4.79 Å². The lowest BCUT2D eigenvalue weighted by molar-refractivity contribution is -0.135. The molecule has 0 spiro atoms. The first kappa shape index (κ1) is 19.0. The molecular formula is C19H26N2O4. The first-order valence-corrected chi connectivity index (χ1v) is 8.67. The molecule has 0 bridgehead atoms. The summed E-state index contributed by atoms with van der Waals surface area (Å²) in [7, 11) is 1.33. The number of ether oxygens (including phenoxy) is 1. The number of piperidine rings is 1. The van der Waals surface area contributed by atoms with E-state index < -0.39 is 5.97 Å². The Morgan fingerprint density at radius 3 is 2.28 bits per heavy atom. The molecular weight excluding hydrogens is 320 g/mol. The van der Waals surface area contributed by atoms with E-state index in [9.17, 15) is 14.4 Å². The highest BCUT2D eigenvalue weighted by Crippen LogP contribution is 2.21. The number of anilines is 1. The Morgan fingerprint density at radius 2 is 1.76 bits per heavy atom. The number of benzene rings is 1. The van der Waals surface area contributed by atoms with Crippen molar-refractivity contribution in [2.75, 3.05) is 25.5 Å². The number of carbonyl (C=O) groups excluding carboxylic acids is 3. The van der Waals surface area contributed by atoms with Crippen molar-refractivity contribution in [3.05, 3.63) is 29.8 Å². The fraction of sp³-hybridized carbons (Fsp3) is 0.526. The number of likely N-dealkylation sites (tertiary alicyclic amines) is 1. The lowest BCUT2D eigenvalue weighted by Gasteiger charge is -2.31. The number of nitrogens with zero attached hydrogens (tertiary/aromatic N) is 1. The van der Waals surface area contributed by atoms with Gasteiger partial charge >= 0.3 is 5.97 Å². The number of amides is 2. The first-order chi connectivity index (χ1) is 11.9. The van der Waals surface area contributed by atoms with E-state index >= 15 is 0 Å². The van der Waals surface area contributed by atoms with Crippen LogP contribution in [-0.4, -0.2) is 42.9 Å². The standard InChI is InChI=1S/C19H26N2O4/c1-13(2)12-17(22)21-10-8-14(9-11-21)18(23)20-16-6-4-15(5-7-16)19(24)25-3/h4-7,13-14H,8-12H2,1-3H3,(H,20,23). The van der Waals surface area contributed by atoms with Crippen LogP contribution in [0.25, 0.3) is 0 Å². The summed E-state index contributed by atoms with van der Waals surface area (Å²) in [5.41, 5.74) is 1.09. The van der Waals surface area contributed by atoms with Crippen molar-refractivity contribution >= 4 is 23.5 Å². The highest BCUT2D eigenvalue weighted by molar-refractivity contribution is 5.94. The predicted molar refractivity (Wildman–Crippen MR) is 95.2 cm³/mol. The van der Waals surface area contributed by atoms with Gasteiger partial charge in [-0.2, -0.15) is 0 Å². The maximum absolute atomic E-state index is 12.4. The Kier molecular flexibility index (Phi) is 6.56. The van der Waals surface area contributed by atoms with Crippen LogP contribution in [0.15, 0.2) is 24.3 Å². The molecule has 2 rings (SSSR count). The van der Waals surface area contributed by atoms with Gasteiger partial charge in [0, 0.05) is 31.1 Å². The highest BCUT2D eigenvalue weighted by Gasteiger charge is 2.27. The number of methoxy groups -OCH3 is 1. The minimum atomic E-state index is -0.406. The maximum atomic E-state index is 12.4. The Labute approximate surface area is 148 Å². The quantitative estimate of drug-likeness (QED) is 0.832. The van der Waals surface area contributed by atoms with E-state index in [1.807, 2.05) is 18.7 Å². The molecule has 1 fully saturated rings. The predicted octanol–water partition coefficient (Wildman–Crippen LogP) is 2.70. The van der Waals surface area contributed by atoms with Crippen LogP contribution in [0.3, 0.4) is 0 Å². The minimum Gasteiger partial charge on any atom is -0.465 e. The number of esters is 1. The maximum Gasteiger partial charge on any atom is 0.337 e. The van der Waals surface area contributed by atoms with E-state index in [4.69, 9.17) is 0 Å². The van der Waals surface area contributed by atoms with Gasteiger partial charge in [-0.15, -0.1) is 0 Å². The van der Waals surface area contributed by atoms with Crippen molar-refractivity contribution < 1.29 is 19.1 Å². The topological polar surface area (TPSA) is 75.7 Å². The molecule has 0 aliphatic carbocycles. The molecule has 1 N–H and O–H groups in total. The summed E-state index contributed by atoms with van der Waals surface area (Å²) in [4.78, 5) is 37.7. The van der Waals surface area contributed by atoms with Crippen molar-refractivity contribution in [3.63, 3.8) is 0 Å². The fourth-order valence-corrected chi connectivity index (χ4v) is 2.92. The summed E-state index contributed by atoms with van der Waals surface area (Å²) < 4.78 is 4.65. The molecule has 2 amide bonds. The molecule has 1 aromatic carbocycles. The third-order valence-electron chi connectivity index (χ3n) is 4.37. The molecule has 1 aliphatic heterocycles. The molecule has 25 heavy (non-hydrogen) atoms. The van der Waals surface area contributed by atoms with Gasteiger partial charge < -0.3 is 15.0 Å². The zero-order chi connectivity index (χ0) is 18.4. The van der Waals surface area contributed by atoms with E-state index in [2.05, 4.69) is 10.1 Å². The number of rotatable bonds is 5. The van der Waals surface area contributed by atoms with Crippen molar-refractivity contribution in [3.8, 4) is 0 Å². The van der Waals surface area contributed by atoms with Gasteiger partial charge in [0.25, 0.3) is 0 Å². The van der Waals surface area contributed by atoms with Crippen molar-refractivity contribution in [1.29, 1.82) is 0 Å². The van der Waals surface area contributed by atoms with Crippen LogP contribution in [0.1, 0.15) is 43.5 Å². The molecule has 1 aromatic rings. The van der Waals surface area contributed by atoms with E-state index in [0.29, 0.717) is 49.5 Å². The lowest BCUT2D eigenvalue weighted by atomic mass is 9.95. The molecule has 0 radical (unpaired) electrons. The molecule has 136 valence electrons. The van der Waals surface area contributed by atoms with Crippen LogP contribution >= 0.6 is 0 Å². The molecule has 0 saturated carbocycles. The largest absolute Gasteiger partial charge is 0.465 e.